The molecule has 0 saturated carbocycles. The van der Waals surface area contributed by atoms with Crippen molar-refractivity contribution in [1.82, 2.24) is 14.6 Å². The zero-order chi connectivity index (χ0) is 8.72. The molecule has 2 aromatic heterocycles. The van der Waals surface area contributed by atoms with Crippen molar-refractivity contribution in [3.63, 3.8) is 0 Å². The van der Waals surface area contributed by atoms with E-state index >= 15 is 0 Å². The normalized spacial score (nSPS) is 10.8. The Kier molecular flexibility index (Phi) is 1.21. The van der Waals surface area contributed by atoms with Crippen molar-refractivity contribution in [2.24, 2.45) is 0 Å². The molecule has 0 unspecified atom stereocenters. The van der Waals surface area contributed by atoms with E-state index in [4.69, 9.17) is 5.11 Å². The van der Waals surface area contributed by atoms with Crippen molar-refractivity contribution in [3.05, 3.63) is 18.0 Å². The predicted octanol–water partition coefficient (Wildman–Crippen LogP) is 0.449. The molecule has 5 nitrogen and oxygen atoms in total. The first kappa shape index (κ1) is 6.90. The summed E-state index contributed by atoms with van der Waals surface area (Å²) in [5.41, 5.74) is 1.34. The minimum absolute atomic E-state index is 0.204. The van der Waals surface area contributed by atoms with Gasteiger partial charge in [-0.2, -0.15) is 10.1 Å². The van der Waals surface area contributed by atoms with Gasteiger partial charge in [0.1, 0.15) is 5.52 Å². The largest absolute Gasteiger partial charge is 0.492 e. The summed E-state index contributed by atoms with van der Waals surface area (Å²) in [7, 11) is 0. The second-order valence-corrected chi connectivity index (χ2v) is 2.54. The van der Waals surface area contributed by atoms with Gasteiger partial charge in [0.05, 0.1) is 12.4 Å². The van der Waals surface area contributed by atoms with Crippen LogP contribution < -0.4 is 0 Å². The first-order valence-corrected chi connectivity index (χ1v) is 3.41. The molecule has 0 aromatic carbocycles. The van der Waals surface area contributed by atoms with E-state index in [1.54, 1.807) is 13.1 Å². The van der Waals surface area contributed by atoms with Gasteiger partial charge in [-0.25, -0.2) is 4.52 Å². The number of rotatable bonds is 0. The first-order chi connectivity index (χ1) is 5.68. The molecule has 0 spiro atoms. The van der Waals surface area contributed by atoms with E-state index in [-0.39, 0.29) is 11.8 Å². The number of aromatic nitrogens is 3. The van der Waals surface area contributed by atoms with Gasteiger partial charge in [0.25, 0.3) is 0 Å². The number of hydrogen-bond acceptors (Lipinski definition) is 4. The molecule has 0 amide bonds. The van der Waals surface area contributed by atoms with Crippen LogP contribution >= 0.6 is 0 Å². The Labute approximate surface area is 67.9 Å². The Hall–Kier alpha value is -1.78. The minimum atomic E-state index is -0.247. The first-order valence-electron chi connectivity index (χ1n) is 3.41. The topological polar surface area (TPSA) is 70.7 Å². The van der Waals surface area contributed by atoms with E-state index in [1.807, 2.05) is 0 Å². The molecule has 0 atom stereocenters. The fraction of sp³-hybridized carbons (Fsp3) is 0.143. The number of hydrogen-bond donors (Lipinski definition) is 2. The van der Waals surface area contributed by atoms with Crippen LogP contribution in [0, 0.1) is 6.92 Å². The minimum Gasteiger partial charge on any atom is -0.492 e. The van der Waals surface area contributed by atoms with Gasteiger partial charge in [-0.1, -0.05) is 0 Å². The molecule has 0 saturated heterocycles. The Bertz CT molecular complexity index is 435. The molecule has 0 aliphatic heterocycles. The molecule has 12 heavy (non-hydrogen) atoms. The third-order valence-electron chi connectivity index (χ3n) is 1.65. The molecule has 0 aliphatic carbocycles. The van der Waals surface area contributed by atoms with Crippen LogP contribution in [0.5, 0.6) is 11.8 Å². The van der Waals surface area contributed by atoms with Gasteiger partial charge in [0.2, 0.25) is 11.8 Å². The Balaban J connectivity index is 2.93. The van der Waals surface area contributed by atoms with Crippen LogP contribution in [-0.2, 0) is 0 Å². The maximum atomic E-state index is 9.29. The standard InChI is InChI=1S/C7H7N3O2/c1-4-2-8-10-3-5(11)9-7(12)6(4)10/h2-3,11H,1H3,(H,9,12). The van der Waals surface area contributed by atoms with Crippen molar-refractivity contribution in [1.29, 1.82) is 0 Å². The summed E-state index contributed by atoms with van der Waals surface area (Å²) in [6.45, 7) is 1.81. The molecule has 0 radical (unpaired) electrons. The quantitative estimate of drug-likeness (QED) is 0.594. The van der Waals surface area contributed by atoms with E-state index in [2.05, 4.69) is 10.1 Å². The van der Waals surface area contributed by atoms with Crippen molar-refractivity contribution in [3.8, 4) is 11.8 Å². The number of aromatic hydroxyl groups is 2. The SMILES string of the molecule is Cc1cnn2cc(O)nc(O)c12. The van der Waals surface area contributed by atoms with Gasteiger partial charge in [-0.3, -0.25) is 0 Å². The molecule has 2 aromatic rings. The van der Waals surface area contributed by atoms with Gasteiger partial charge >= 0.3 is 0 Å². The monoisotopic (exact) mass is 165 g/mol. The Morgan fingerprint density at radius 1 is 1.42 bits per heavy atom. The zero-order valence-corrected chi connectivity index (χ0v) is 6.39. The summed E-state index contributed by atoms with van der Waals surface area (Å²) < 4.78 is 1.38. The molecule has 5 heteroatoms. The second kappa shape index (κ2) is 2.10. The summed E-state index contributed by atoms with van der Waals surface area (Å²) in [4.78, 5) is 3.49. The smallest absolute Gasteiger partial charge is 0.241 e. The van der Waals surface area contributed by atoms with Crippen molar-refractivity contribution in [2.45, 2.75) is 6.92 Å². The van der Waals surface area contributed by atoms with E-state index in [0.29, 0.717) is 5.52 Å². The second-order valence-electron chi connectivity index (χ2n) is 2.54. The maximum absolute atomic E-state index is 9.29. The zero-order valence-electron chi connectivity index (χ0n) is 6.39. The van der Waals surface area contributed by atoms with Crippen LogP contribution in [-0.4, -0.2) is 24.8 Å². The lowest BCUT2D eigenvalue weighted by molar-refractivity contribution is 0.410. The van der Waals surface area contributed by atoms with Crippen LogP contribution in [0.4, 0.5) is 0 Å². The highest BCUT2D eigenvalue weighted by Gasteiger charge is 2.07. The lowest BCUT2D eigenvalue weighted by Crippen LogP contribution is -1.89. The summed E-state index contributed by atoms with van der Waals surface area (Å²) in [5, 5.41) is 22.2. The molecular weight excluding hydrogens is 158 g/mol. The molecule has 62 valence electrons. The van der Waals surface area contributed by atoms with Gasteiger partial charge in [-0.15, -0.1) is 0 Å². The molecule has 0 fully saturated rings. The molecule has 0 bridgehead atoms. The van der Waals surface area contributed by atoms with E-state index in [1.165, 1.54) is 10.7 Å². The Morgan fingerprint density at radius 2 is 2.17 bits per heavy atom. The molecular formula is C7H7N3O2. The number of aryl methyl sites for hydroxylation is 1. The summed E-state index contributed by atoms with van der Waals surface area (Å²) in [6.07, 6.45) is 2.93. The summed E-state index contributed by atoms with van der Waals surface area (Å²) in [6, 6.07) is 0. The van der Waals surface area contributed by atoms with Gasteiger partial charge in [0, 0.05) is 5.56 Å². The van der Waals surface area contributed by atoms with Crippen molar-refractivity contribution in [2.75, 3.05) is 0 Å². The lowest BCUT2D eigenvalue weighted by Gasteiger charge is -1.97. The molecule has 2 heterocycles. The average Bonchev–Trinajstić information content (AvgIpc) is 2.31. The van der Waals surface area contributed by atoms with Crippen molar-refractivity contribution < 1.29 is 10.2 Å². The van der Waals surface area contributed by atoms with E-state index < -0.39 is 0 Å². The highest BCUT2D eigenvalue weighted by molar-refractivity contribution is 5.61. The van der Waals surface area contributed by atoms with Crippen LogP contribution in [0.15, 0.2) is 12.4 Å². The van der Waals surface area contributed by atoms with Crippen LogP contribution in [0.25, 0.3) is 5.52 Å². The van der Waals surface area contributed by atoms with Crippen LogP contribution in [0.3, 0.4) is 0 Å². The van der Waals surface area contributed by atoms with E-state index in [9.17, 15) is 5.11 Å². The van der Waals surface area contributed by atoms with E-state index in [0.717, 1.165) is 5.56 Å². The number of nitrogens with zero attached hydrogens (tertiary/aromatic N) is 3. The van der Waals surface area contributed by atoms with Crippen LogP contribution in [0.1, 0.15) is 5.56 Å². The lowest BCUT2D eigenvalue weighted by atomic mass is 10.3. The highest BCUT2D eigenvalue weighted by Crippen LogP contribution is 2.21. The van der Waals surface area contributed by atoms with Crippen LogP contribution in [0.2, 0.25) is 0 Å². The van der Waals surface area contributed by atoms with Gasteiger partial charge in [0.15, 0.2) is 0 Å². The Morgan fingerprint density at radius 3 is 2.92 bits per heavy atom. The third kappa shape index (κ3) is 0.795. The molecule has 2 N–H and O–H groups in total. The average molecular weight is 165 g/mol. The fourth-order valence-corrected chi connectivity index (χ4v) is 1.12. The summed E-state index contributed by atoms with van der Waals surface area (Å²) >= 11 is 0. The predicted molar refractivity (Wildman–Crippen MR) is 41.1 cm³/mol. The molecule has 0 aliphatic rings. The van der Waals surface area contributed by atoms with Gasteiger partial charge in [-0.05, 0) is 6.92 Å². The molecule has 2 rings (SSSR count). The van der Waals surface area contributed by atoms with Gasteiger partial charge < -0.3 is 10.2 Å². The third-order valence-corrected chi connectivity index (χ3v) is 1.65. The fourth-order valence-electron chi connectivity index (χ4n) is 1.12. The van der Waals surface area contributed by atoms with Crippen molar-refractivity contribution >= 4 is 5.52 Å². The number of fused-ring (bicyclic) bond motifs is 1. The highest BCUT2D eigenvalue weighted by atomic mass is 16.3. The maximum Gasteiger partial charge on any atom is 0.241 e. The summed E-state index contributed by atoms with van der Waals surface area (Å²) in [5.74, 6) is -0.451.